The number of hydrogen-bond acceptors (Lipinski definition) is 4. The Bertz CT molecular complexity index is 908. The van der Waals surface area contributed by atoms with Crippen LogP contribution >= 0.6 is 11.8 Å². The van der Waals surface area contributed by atoms with Gasteiger partial charge < -0.3 is 4.57 Å². The summed E-state index contributed by atoms with van der Waals surface area (Å²) in [6.45, 7) is 1.95. The van der Waals surface area contributed by atoms with Gasteiger partial charge in [0.05, 0.1) is 4.91 Å². The summed E-state index contributed by atoms with van der Waals surface area (Å²) in [5.41, 5.74) is 1.94. The second kappa shape index (κ2) is 7.72. The summed E-state index contributed by atoms with van der Waals surface area (Å²) in [6, 6.07) is 10.0. The second-order valence-corrected chi connectivity index (χ2v) is 8.16. The quantitative estimate of drug-likeness (QED) is 0.728. The lowest BCUT2D eigenvalue weighted by atomic mass is 9.94. The number of rotatable bonds is 3. The Morgan fingerprint density at radius 2 is 2.00 bits per heavy atom. The van der Waals surface area contributed by atoms with Gasteiger partial charge in [-0.3, -0.25) is 9.69 Å². The Labute approximate surface area is 164 Å². The molecule has 3 heterocycles. The molecule has 140 valence electrons. The van der Waals surface area contributed by atoms with Crippen LogP contribution in [0.2, 0.25) is 0 Å². The van der Waals surface area contributed by atoms with Gasteiger partial charge in [0.15, 0.2) is 11.0 Å². The number of carbonyl (C=O) groups is 1. The number of aliphatic imine (C=N–C) groups is 1. The smallest absolute Gasteiger partial charge is 0.267 e. The van der Waals surface area contributed by atoms with Crippen molar-refractivity contribution < 1.29 is 4.79 Å². The maximum absolute atomic E-state index is 13.2. The summed E-state index contributed by atoms with van der Waals surface area (Å²) < 4.78 is 2.02. The summed E-state index contributed by atoms with van der Waals surface area (Å²) in [5.74, 6) is 0.728. The molecule has 0 N–H and O–H groups in total. The number of aryl methyl sites for hydroxylation is 2. The van der Waals surface area contributed by atoms with Crippen molar-refractivity contribution in [2.45, 2.75) is 45.1 Å². The lowest BCUT2D eigenvalue weighted by Gasteiger charge is -2.30. The van der Waals surface area contributed by atoms with E-state index in [2.05, 4.69) is 4.98 Å². The fourth-order valence-corrected chi connectivity index (χ4v) is 4.70. The lowest BCUT2D eigenvalue weighted by Crippen LogP contribution is -2.40. The van der Waals surface area contributed by atoms with Crippen LogP contribution in [0.3, 0.4) is 0 Å². The van der Waals surface area contributed by atoms with E-state index in [-0.39, 0.29) is 11.9 Å². The van der Waals surface area contributed by atoms with Gasteiger partial charge in [-0.1, -0.05) is 25.3 Å². The molecule has 1 saturated heterocycles. The highest BCUT2D eigenvalue weighted by molar-refractivity contribution is 8.18. The Morgan fingerprint density at radius 3 is 2.70 bits per heavy atom. The molecule has 2 aromatic rings. The van der Waals surface area contributed by atoms with Crippen LogP contribution in [-0.4, -0.2) is 31.6 Å². The zero-order chi connectivity index (χ0) is 18.8. The fourth-order valence-electron chi connectivity index (χ4n) is 3.67. The molecule has 27 heavy (non-hydrogen) atoms. The minimum absolute atomic E-state index is 0.0690. The van der Waals surface area contributed by atoms with E-state index in [0.29, 0.717) is 5.82 Å². The van der Waals surface area contributed by atoms with Gasteiger partial charge in [-0.25, -0.2) is 9.98 Å². The first kappa shape index (κ1) is 18.0. The van der Waals surface area contributed by atoms with Crippen LogP contribution in [0.25, 0.3) is 6.08 Å². The van der Waals surface area contributed by atoms with Crippen molar-refractivity contribution in [2.24, 2.45) is 12.0 Å². The summed E-state index contributed by atoms with van der Waals surface area (Å²) in [5, 5.41) is 0.755. The van der Waals surface area contributed by atoms with Gasteiger partial charge in [-0.2, -0.15) is 0 Å². The van der Waals surface area contributed by atoms with Crippen molar-refractivity contribution in [2.75, 3.05) is 0 Å². The molecule has 5 nitrogen and oxygen atoms in total. The van der Waals surface area contributed by atoms with Gasteiger partial charge in [-0.15, -0.1) is 0 Å². The number of amides is 1. The van der Waals surface area contributed by atoms with Gasteiger partial charge >= 0.3 is 0 Å². The third-order valence-electron chi connectivity index (χ3n) is 5.12. The molecule has 2 aromatic heterocycles. The van der Waals surface area contributed by atoms with Gasteiger partial charge in [0, 0.05) is 30.7 Å². The largest absolute Gasteiger partial charge is 0.351 e. The standard InChI is InChI=1S/C21H24N4OS/c1-15-8-6-12-19(22-15)23-21-25(16-9-4-3-5-10-16)20(26)18(27-21)14-17-11-7-13-24(17)2/h6-8,11-14,16H,3-5,9-10H2,1-2H3/b18-14+,23-21+. The monoisotopic (exact) mass is 380 g/mol. The van der Waals surface area contributed by atoms with Crippen molar-refractivity contribution >= 4 is 34.7 Å². The second-order valence-electron chi connectivity index (χ2n) is 7.15. The van der Waals surface area contributed by atoms with E-state index in [0.717, 1.165) is 34.3 Å². The molecule has 2 aliphatic rings. The predicted molar refractivity (Wildman–Crippen MR) is 111 cm³/mol. The van der Waals surface area contributed by atoms with E-state index in [1.165, 1.54) is 31.0 Å². The molecular formula is C21H24N4OS. The summed E-state index contributed by atoms with van der Waals surface area (Å²) in [6.07, 6.45) is 9.64. The maximum atomic E-state index is 13.2. The number of thioether (sulfide) groups is 1. The first-order valence-electron chi connectivity index (χ1n) is 9.48. The molecule has 1 aliphatic carbocycles. The predicted octanol–water partition coefficient (Wildman–Crippen LogP) is 4.67. The van der Waals surface area contributed by atoms with Crippen LogP contribution in [0.4, 0.5) is 5.82 Å². The van der Waals surface area contributed by atoms with Crippen molar-refractivity contribution in [3.63, 3.8) is 0 Å². The average Bonchev–Trinajstić information content (AvgIpc) is 3.19. The van der Waals surface area contributed by atoms with Crippen LogP contribution in [0, 0.1) is 6.92 Å². The van der Waals surface area contributed by atoms with Gasteiger partial charge in [0.25, 0.3) is 5.91 Å². The van der Waals surface area contributed by atoms with Gasteiger partial charge in [0.1, 0.15) is 0 Å². The third kappa shape index (κ3) is 3.86. The molecule has 0 spiro atoms. The Hall–Kier alpha value is -2.34. The molecule has 0 bridgehead atoms. The highest BCUT2D eigenvalue weighted by Crippen LogP contribution is 2.38. The molecule has 0 unspecified atom stereocenters. The number of carbonyl (C=O) groups excluding carboxylic acids is 1. The topological polar surface area (TPSA) is 50.5 Å². The molecule has 4 rings (SSSR count). The maximum Gasteiger partial charge on any atom is 0.267 e. The normalized spacial score (nSPS) is 21.6. The van der Waals surface area contributed by atoms with Crippen LogP contribution in [0.1, 0.15) is 43.5 Å². The summed E-state index contributed by atoms with van der Waals surface area (Å²) >= 11 is 1.46. The lowest BCUT2D eigenvalue weighted by molar-refractivity contribution is -0.124. The van der Waals surface area contributed by atoms with E-state index in [9.17, 15) is 4.79 Å². The van der Waals surface area contributed by atoms with E-state index < -0.39 is 0 Å². The Kier molecular flexibility index (Phi) is 5.16. The molecule has 1 amide bonds. The number of nitrogens with zero attached hydrogens (tertiary/aromatic N) is 4. The number of amidine groups is 1. The zero-order valence-electron chi connectivity index (χ0n) is 15.8. The van der Waals surface area contributed by atoms with Crippen LogP contribution < -0.4 is 0 Å². The van der Waals surface area contributed by atoms with E-state index >= 15 is 0 Å². The molecular weight excluding hydrogens is 356 g/mol. The molecule has 0 radical (unpaired) electrons. The minimum Gasteiger partial charge on any atom is -0.351 e. The van der Waals surface area contributed by atoms with E-state index in [1.807, 2.05) is 66.0 Å². The van der Waals surface area contributed by atoms with E-state index in [4.69, 9.17) is 4.99 Å². The van der Waals surface area contributed by atoms with Crippen LogP contribution in [0.15, 0.2) is 46.4 Å². The summed E-state index contributed by atoms with van der Waals surface area (Å²) in [7, 11) is 1.99. The Balaban J connectivity index is 1.71. The highest BCUT2D eigenvalue weighted by Gasteiger charge is 2.38. The van der Waals surface area contributed by atoms with Gasteiger partial charge in [0.2, 0.25) is 0 Å². The first-order valence-corrected chi connectivity index (χ1v) is 10.3. The van der Waals surface area contributed by atoms with Crippen molar-refractivity contribution in [1.82, 2.24) is 14.5 Å². The summed E-state index contributed by atoms with van der Waals surface area (Å²) in [4.78, 5) is 25.1. The zero-order valence-corrected chi connectivity index (χ0v) is 16.6. The SMILES string of the molecule is Cc1cccc(/N=C2/S/C(=C/c3cccn3C)C(=O)N2C2CCCCC2)n1. The molecule has 1 saturated carbocycles. The minimum atomic E-state index is 0.0690. The van der Waals surface area contributed by atoms with E-state index in [1.54, 1.807) is 0 Å². The fraction of sp³-hybridized carbons (Fsp3) is 0.381. The van der Waals surface area contributed by atoms with Crippen LogP contribution in [-0.2, 0) is 11.8 Å². The van der Waals surface area contributed by atoms with Crippen LogP contribution in [0.5, 0.6) is 0 Å². The first-order chi connectivity index (χ1) is 13.1. The Morgan fingerprint density at radius 1 is 1.19 bits per heavy atom. The van der Waals surface area contributed by atoms with Gasteiger partial charge in [-0.05, 0) is 61.9 Å². The van der Waals surface area contributed by atoms with Crippen molar-refractivity contribution in [3.05, 3.63) is 52.8 Å². The van der Waals surface area contributed by atoms with Crippen molar-refractivity contribution in [3.8, 4) is 0 Å². The van der Waals surface area contributed by atoms with Crippen molar-refractivity contribution in [1.29, 1.82) is 0 Å². The molecule has 0 aromatic carbocycles. The third-order valence-corrected chi connectivity index (χ3v) is 6.11. The number of hydrogen-bond donors (Lipinski definition) is 0. The molecule has 2 fully saturated rings. The molecule has 6 heteroatoms. The number of aromatic nitrogens is 2. The number of pyridine rings is 1. The molecule has 0 atom stereocenters. The molecule has 1 aliphatic heterocycles. The highest BCUT2D eigenvalue weighted by atomic mass is 32.2. The average molecular weight is 381 g/mol.